The fraction of sp³-hybridized carbons (Fsp3) is 0.174. The molecule has 0 aliphatic carbocycles. The standard InChI is InChI=1S/C23H24N2O4S/c1-16-6-4-5-7-18(16)14-23(26)24-20-9-8-17(2)22(15-20)30(27,28)25-19-10-12-21(29-3)13-11-19/h4-13,15,25H,14H2,1-3H3,(H,24,26). The van der Waals surface area contributed by atoms with Crippen molar-refractivity contribution in [2.24, 2.45) is 0 Å². The molecule has 0 aliphatic rings. The number of amides is 1. The second kappa shape index (κ2) is 9.00. The zero-order valence-corrected chi connectivity index (χ0v) is 17.9. The van der Waals surface area contributed by atoms with Crippen LogP contribution in [0, 0.1) is 13.8 Å². The van der Waals surface area contributed by atoms with Gasteiger partial charge in [0.05, 0.1) is 18.4 Å². The first-order valence-corrected chi connectivity index (χ1v) is 10.9. The molecular weight excluding hydrogens is 400 g/mol. The Morgan fingerprint density at radius 2 is 1.57 bits per heavy atom. The Morgan fingerprint density at radius 1 is 0.900 bits per heavy atom. The van der Waals surface area contributed by atoms with Gasteiger partial charge >= 0.3 is 0 Å². The third-order valence-corrected chi connectivity index (χ3v) is 6.24. The van der Waals surface area contributed by atoms with Gasteiger partial charge < -0.3 is 10.1 Å². The molecule has 3 aromatic carbocycles. The number of rotatable bonds is 7. The highest BCUT2D eigenvalue weighted by Crippen LogP contribution is 2.24. The van der Waals surface area contributed by atoms with E-state index >= 15 is 0 Å². The van der Waals surface area contributed by atoms with E-state index in [9.17, 15) is 13.2 Å². The van der Waals surface area contributed by atoms with E-state index in [-0.39, 0.29) is 17.2 Å². The lowest BCUT2D eigenvalue weighted by atomic mass is 10.1. The Balaban J connectivity index is 1.78. The van der Waals surface area contributed by atoms with E-state index in [2.05, 4.69) is 10.0 Å². The lowest BCUT2D eigenvalue weighted by Crippen LogP contribution is -2.17. The summed E-state index contributed by atoms with van der Waals surface area (Å²) < 4.78 is 33.4. The smallest absolute Gasteiger partial charge is 0.262 e. The maximum absolute atomic E-state index is 12.9. The summed E-state index contributed by atoms with van der Waals surface area (Å²) in [6.45, 7) is 3.66. The van der Waals surface area contributed by atoms with Crippen LogP contribution in [0.25, 0.3) is 0 Å². The Bertz CT molecular complexity index is 1160. The number of benzene rings is 3. The number of anilines is 2. The molecule has 0 radical (unpaired) electrons. The molecule has 0 spiro atoms. The number of aryl methyl sites for hydroxylation is 2. The molecule has 7 heteroatoms. The van der Waals surface area contributed by atoms with Gasteiger partial charge in [-0.25, -0.2) is 8.42 Å². The second-order valence-corrected chi connectivity index (χ2v) is 8.62. The second-order valence-electron chi connectivity index (χ2n) is 6.97. The van der Waals surface area contributed by atoms with Crippen LogP contribution in [0.1, 0.15) is 16.7 Å². The maximum atomic E-state index is 12.9. The molecule has 30 heavy (non-hydrogen) atoms. The molecule has 0 saturated heterocycles. The molecule has 0 heterocycles. The first-order chi connectivity index (χ1) is 14.3. The summed E-state index contributed by atoms with van der Waals surface area (Å²) in [6, 6.07) is 19.1. The first-order valence-electron chi connectivity index (χ1n) is 9.40. The highest BCUT2D eigenvalue weighted by molar-refractivity contribution is 7.92. The van der Waals surface area contributed by atoms with Gasteiger partial charge in [-0.15, -0.1) is 0 Å². The third kappa shape index (κ3) is 5.18. The van der Waals surface area contributed by atoms with E-state index < -0.39 is 10.0 Å². The molecule has 0 bridgehead atoms. The van der Waals surface area contributed by atoms with E-state index in [0.29, 0.717) is 22.7 Å². The summed E-state index contributed by atoms with van der Waals surface area (Å²) >= 11 is 0. The van der Waals surface area contributed by atoms with E-state index in [4.69, 9.17) is 4.74 Å². The minimum absolute atomic E-state index is 0.104. The van der Waals surface area contributed by atoms with Gasteiger partial charge in [0.1, 0.15) is 5.75 Å². The number of ether oxygens (including phenoxy) is 1. The minimum atomic E-state index is -3.83. The van der Waals surface area contributed by atoms with Crippen LogP contribution in [0.2, 0.25) is 0 Å². The number of carbonyl (C=O) groups is 1. The fourth-order valence-corrected chi connectivity index (χ4v) is 4.35. The zero-order chi connectivity index (χ0) is 21.7. The molecule has 3 aromatic rings. The molecule has 0 aliphatic heterocycles. The average molecular weight is 425 g/mol. The summed E-state index contributed by atoms with van der Waals surface area (Å²) in [4.78, 5) is 12.5. The summed E-state index contributed by atoms with van der Waals surface area (Å²) in [6.07, 6.45) is 0.215. The fourth-order valence-electron chi connectivity index (χ4n) is 3.02. The number of methoxy groups -OCH3 is 1. The van der Waals surface area contributed by atoms with Crippen LogP contribution < -0.4 is 14.8 Å². The maximum Gasteiger partial charge on any atom is 0.262 e. The number of carbonyl (C=O) groups excluding carboxylic acids is 1. The quantitative estimate of drug-likeness (QED) is 0.592. The summed E-state index contributed by atoms with van der Waals surface area (Å²) in [7, 11) is -2.29. The van der Waals surface area contributed by atoms with Crippen molar-refractivity contribution in [3.8, 4) is 5.75 Å². The molecule has 0 unspecified atom stereocenters. The van der Waals surface area contributed by atoms with Crippen LogP contribution in [-0.2, 0) is 21.2 Å². The van der Waals surface area contributed by atoms with Crippen LogP contribution >= 0.6 is 0 Å². The zero-order valence-electron chi connectivity index (χ0n) is 17.1. The number of hydrogen-bond donors (Lipinski definition) is 2. The topological polar surface area (TPSA) is 84.5 Å². The summed E-state index contributed by atoms with van der Waals surface area (Å²) in [5.41, 5.74) is 3.38. The molecule has 0 saturated carbocycles. The van der Waals surface area contributed by atoms with Crippen molar-refractivity contribution >= 4 is 27.3 Å². The van der Waals surface area contributed by atoms with E-state index in [1.54, 1.807) is 50.4 Å². The molecule has 6 nitrogen and oxygen atoms in total. The van der Waals surface area contributed by atoms with E-state index in [0.717, 1.165) is 11.1 Å². The Morgan fingerprint density at radius 3 is 2.23 bits per heavy atom. The lowest BCUT2D eigenvalue weighted by Gasteiger charge is -2.13. The van der Waals surface area contributed by atoms with Crippen molar-refractivity contribution in [1.29, 1.82) is 0 Å². The molecular formula is C23H24N2O4S. The van der Waals surface area contributed by atoms with Gasteiger partial charge in [-0.05, 0) is 66.9 Å². The molecule has 3 rings (SSSR count). The van der Waals surface area contributed by atoms with Gasteiger partial charge in [-0.2, -0.15) is 0 Å². The van der Waals surface area contributed by atoms with Crippen molar-refractivity contribution in [3.63, 3.8) is 0 Å². The van der Waals surface area contributed by atoms with Crippen LogP contribution in [0.5, 0.6) is 5.75 Å². The minimum Gasteiger partial charge on any atom is -0.497 e. The highest BCUT2D eigenvalue weighted by Gasteiger charge is 2.18. The normalized spacial score (nSPS) is 11.0. The molecule has 1 amide bonds. The number of nitrogens with one attached hydrogen (secondary N) is 2. The molecule has 2 N–H and O–H groups in total. The first kappa shape index (κ1) is 21.4. The molecule has 0 atom stereocenters. The van der Waals surface area contributed by atoms with Gasteiger partial charge in [0.2, 0.25) is 5.91 Å². The summed E-state index contributed by atoms with van der Waals surface area (Å²) in [5, 5.41) is 2.79. The van der Waals surface area contributed by atoms with Gasteiger partial charge in [-0.3, -0.25) is 9.52 Å². The predicted octanol–water partition coefficient (Wildman–Crippen LogP) is 4.29. The molecule has 0 aromatic heterocycles. The van der Waals surface area contributed by atoms with Crippen molar-refractivity contribution < 1.29 is 17.9 Å². The third-order valence-electron chi connectivity index (χ3n) is 4.72. The highest BCUT2D eigenvalue weighted by atomic mass is 32.2. The largest absolute Gasteiger partial charge is 0.497 e. The molecule has 156 valence electrons. The van der Waals surface area contributed by atoms with Gasteiger partial charge in [0.15, 0.2) is 0 Å². The van der Waals surface area contributed by atoms with Crippen LogP contribution in [0.15, 0.2) is 71.6 Å². The van der Waals surface area contributed by atoms with Gasteiger partial charge in [-0.1, -0.05) is 30.3 Å². The predicted molar refractivity (Wildman–Crippen MR) is 118 cm³/mol. The lowest BCUT2D eigenvalue weighted by molar-refractivity contribution is -0.115. The van der Waals surface area contributed by atoms with Crippen molar-refractivity contribution in [3.05, 3.63) is 83.4 Å². The van der Waals surface area contributed by atoms with Crippen LogP contribution in [0.4, 0.5) is 11.4 Å². The average Bonchev–Trinajstić information content (AvgIpc) is 2.71. The van der Waals surface area contributed by atoms with Gasteiger partial charge in [0.25, 0.3) is 10.0 Å². The van der Waals surface area contributed by atoms with E-state index in [1.807, 2.05) is 31.2 Å². The van der Waals surface area contributed by atoms with Gasteiger partial charge in [0, 0.05) is 11.4 Å². The Hall–Kier alpha value is -3.32. The summed E-state index contributed by atoms with van der Waals surface area (Å²) in [5.74, 6) is 0.423. The molecule has 0 fully saturated rings. The Labute approximate surface area is 177 Å². The van der Waals surface area contributed by atoms with E-state index in [1.165, 1.54) is 6.07 Å². The Kier molecular flexibility index (Phi) is 6.42. The van der Waals surface area contributed by atoms with Crippen LogP contribution in [-0.4, -0.2) is 21.4 Å². The number of sulfonamides is 1. The monoisotopic (exact) mass is 424 g/mol. The number of hydrogen-bond acceptors (Lipinski definition) is 4. The van der Waals surface area contributed by atoms with Crippen molar-refractivity contribution in [2.45, 2.75) is 25.2 Å². The van der Waals surface area contributed by atoms with Crippen molar-refractivity contribution in [2.75, 3.05) is 17.1 Å². The SMILES string of the molecule is COc1ccc(NS(=O)(=O)c2cc(NC(=O)Cc3ccccc3C)ccc2C)cc1. The van der Waals surface area contributed by atoms with Crippen LogP contribution in [0.3, 0.4) is 0 Å². The van der Waals surface area contributed by atoms with Crippen molar-refractivity contribution in [1.82, 2.24) is 0 Å².